The van der Waals surface area contributed by atoms with Crippen LogP contribution < -0.4 is 10.6 Å². The van der Waals surface area contributed by atoms with Gasteiger partial charge in [-0.25, -0.2) is 0 Å². The van der Waals surface area contributed by atoms with Crippen LogP contribution in [0.1, 0.15) is 27.2 Å². The van der Waals surface area contributed by atoms with Gasteiger partial charge in [-0.15, -0.1) is 0 Å². The fourth-order valence-corrected chi connectivity index (χ4v) is 2.64. The molecule has 6 heteroatoms. The first kappa shape index (κ1) is 19.2. The third-order valence-corrected chi connectivity index (χ3v) is 3.95. The molecule has 0 aliphatic carbocycles. The molecule has 0 bridgehead atoms. The van der Waals surface area contributed by atoms with Crippen LogP contribution in [0, 0.1) is 5.92 Å². The van der Waals surface area contributed by atoms with Crippen LogP contribution >= 0.6 is 0 Å². The third kappa shape index (κ3) is 7.42. The molecule has 130 valence electrons. The quantitative estimate of drug-likeness (QED) is 0.377. The van der Waals surface area contributed by atoms with Crippen LogP contribution in [0.4, 0.5) is 0 Å². The number of morpholine rings is 1. The molecule has 0 aromatic heterocycles. The van der Waals surface area contributed by atoms with Crippen molar-refractivity contribution >= 4 is 5.96 Å². The SMILES string of the molecule is CCOCCCNC(=NC)NCC(C(C)C)N1CCOCC1. The second kappa shape index (κ2) is 11.7. The molecule has 1 saturated heterocycles. The highest BCUT2D eigenvalue weighted by atomic mass is 16.5. The van der Waals surface area contributed by atoms with Crippen LogP contribution in [-0.2, 0) is 9.47 Å². The number of hydrogen-bond donors (Lipinski definition) is 2. The molecular formula is C16H34N4O2. The average molecular weight is 314 g/mol. The first-order valence-corrected chi connectivity index (χ1v) is 8.53. The number of nitrogens with zero attached hydrogens (tertiary/aromatic N) is 2. The van der Waals surface area contributed by atoms with Crippen molar-refractivity contribution in [2.75, 3.05) is 59.7 Å². The van der Waals surface area contributed by atoms with E-state index in [9.17, 15) is 0 Å². The lowest BCUT2D eigenvalue weighted by Crippen LogP contribution is -2.52. The van der Waals surface area contributed by atoms with Gasteiger partial charge in [0, 0.05) is 52.5 Å². The second-order valence-corrected chi connectivity index (χ2v) is 5.89. The maximum atomic E-state index is 5.45. The van der Waals surface area contributed by atoms with Gasteiger partial charge in [0.05, 0.1) is 13.2 Å². The maximum Gasteiger partial charge on any atom is 0.191 e. The molecule has 0 radical (unpaired) electrons. The van der Waals surface area contributed by atoms with Crippen LogP contribution in [0.2, 0.25) is 0 Å². The van der Waals surface area contributed by atoms with Gasteiger partial charge in [0.25, 0.3) is 0 Å². The molecule has 1 aliphatic heterocycles. The van der Waals surface area contributed by atoms with E-state index in [2.05, 4.69) is 34.4 Å². The number of aliphatic imine (C=N–C) groups is 1. The van der Waals surface area contributed by atoms with Crippen LogP contribution in [0.25, 0.3) is 0 Å². The van der Waals surface area contributed by atoms with Gasteiger partial charge >= 0.3 is 0 Å². The molecule has 1 rings (SSSR count). The molecule has 1 atom stereocenters. The summed E-state index contributed by atoms with van der Waals surface area (Å²) in [6.45, 7) is 13.7. The van der Waals surface area contributed by atoms with Crippen LogP contribution in [0.15, 0.2) is 4.99 Å². The smallest absolute Gasteiger partial charge is 0.191 e. The highest BCUT2D eigenvalue weighted by Crippen LogP contribution is 2.12. The molecule has 2 N–H and O–H groups in total. The lowest BCUT2D eigenvalue weighted by atomic mass is 10.0. The monoisotopic (exact) mass is 314 g/mol. The molecule has 22 heavy (non-hydrogen) atoms. The summed E-state index contributed by atoms with van der Waals surface area (Å²) in [5, 5.41) is 6.80. The van der Waals surface area contributed by atoms with Gasteiger partial charge < -0.3 is 20.1 Å². The number of hydrogen-bond acceptors (Lipinski definition) is 4. The average Bonchev–Trinajstić information content (AvgIpc) is 2.53. The minimum absolute atomic E-state index is 0.505. The minimum Gasteiger partial charge on any atom is -0.382 e. The first-order valence-electron chi connectivity index (χ1n) is 8.53. The Morgan fingerprint density at radius 3 is 2.59 bits per heavy atom. The van der Waals surface area contributed by atoms with Crippen molar-refractivity contribution in [2.24, 2.45) is 10.9 Å². The predicted octanol–water partition coefficient (Wildman–Crippen LogP) is 0.935. The van der Waals surface area contributed by atoms with E-state index in [1.807, 2.05) is 14.0 Å². The van der Waals surface area contributed by atoms with E-state index in [0.717, 1.165) is 65.0 Å². The van der Waals surface area contributed by atoms with Crippen LogP contribution in [-0.4, -0.2) is 76.6 Å². The lowest BCUT2D eigenvalue weighted by molar-refractivity contribution is 0.00752. The molecule has 6 nitrogen and oxygen atoms in total. The van der Waals surface area contributed by atoms with Gasteiger partial charge in [0.1, 0.15) is 0 Å². The van der Waals surface area contributed by atoms with E-state index in [1.54, 1.807) is 0 Å². The van der Waals surface area contributed by atoms with Gasteiger partial charge in [-0.1, -0.05) is 13.8 Å². The summed E-state index contributed by atoms with van der Waals surface area (Å²) in [6, 6.07) is 0.505. The van der Waals surface area contributed by atoms with E-state index in [1.165, 1.54) is 0 Å². The minimum atomic E-state index is 0.505. The van der Waals surface area contributed by atoms with Gasteiger partial charge in [0.2, 0.25) is 0 Å². The molecule has 0 amide bonds. The normalized spacial score (nSPS) is 18.5. The topological polar surface area (TPSA) is 58.1 Å². The van der Waals surface area contributed by atoms with Crippen molar-refractivity contribution in [1.82, 2.24) is 15.5 Å². The predicted molar refractivity (Wildman–Crippen MR) is 91.5 cm³/mol. The summed E-state index contributed by atoms with van der Waals surface area (Å²) in [6.07, 6.45) is 0.992. The third-order valence-electron chi connectivity index (χ3n) is 3.95. The highest BCUT2D eigenvalue weighted by molar-refractivity contribution is 5.79. The molecule has 1 aliphatic rings. The molecule has 0 aromatic carbocycles. The summed E-state index contributed by atoms with van der Waals surface area (Å²) in [7, 11) is 1.82. The first-order chi connectivity index (χ1) is 10.7. The van der Waals surface area contributed by atoms with Crippen molar-refractivity contribution in [2.45, 2.75) is 33.2 Å². The Kier molecular flexibility index (Phi) is 10.2. The molecule has 0 aromatic rings. The highest BCUT2D eigenvalue weighted by Gasteiger charge is 2.23. The van der Waals surface area contributed by atoms with Crippen molar-refractivity contribution in [3.05, 3.63) is 0 Å². The number of guanidine groups is 1. The van der Waals surface area contributed by atoms with E-state index < -0.39 is 0 Å². The number of nitrogens with one attached hydrogen (secondary N) is 2. The van der Waals surface area contributed by atoms with Gasteiger partial charge in [-0.2, -0.15) is 0 Å². The van der Waals surface area contributed by atoms with E-state index in [-0.39, 0.29) is 0 Å². The van der Waals surface area contributed by atoms with Crippen molar-refractivity contribution < 1.29 is 9.47 Å². The summed E-state index contributed by atoms with van der Waals surface area (Å²) < 4.78 is 10.8. The summed E-state index contributed by atoms with van der Waals surface area (Å²) in [5.74, 6) is 1.47. The summed E-state index contributed by atoms with van der Waals surface area (Å²) in [4.78, 5) is 6.81. The fraction of sp³-hybridized carbons (Fsp3) is 0.938. The van der Waals surface area contributed by atoms with Crippen molar-refractivity contribution in [3.8, 4) is 0 Å². The Hall–Kier alpha value is -0.850. The van der Waals surface area contributed by atoms with Gasteiger partial charge in [-0.3, -0.25) is 9.89 Å². The molecule has 0 spiro atoms. The zero-order valence-electron chi connectivity index (χ0n) is 14.7. The van der Waals surface area contributed by atoms with Gasteiger partial charge in [0.15, 0.2) is 5.96 Å². The summed E-state index contributed by atoms with van der Waals surface area (Å²) >= 11 is 0. The van der Waals surface area contributed by atoms with E-state index in [4.69, 9.17) is 9.47 Å². The standard InChI is InChI=1S/C16H34N4O2/c1-5-21-10-6-7-18-16(17-4)19-13-15(14(2)3)20-8-11-22-12-9-20/h14-15H,5-13H2,1-4H3,(H2,17,18,19). The molecule has 1 unspecified atom stereocenters. The molecule has 0 saturated carbocycles. The van der Waals surface area contributed by atoms with Gasteiger partial charge in [-0.05, 0) is 19.3 Å². The zero-order valence-corrected chi connectivity index (χ0v) is 14.7. The van der Waals surface area contributed by atoms with Crippen molar-refractivity contribution in [3.63, 3.8) is 0 Å². The molecular weight excluding hydrogens is 280 g/mol. The van der Waals surface area contributed by atoms with E-state index in [0.29, 0.717) is 12.0 Å². The Bertz CT molecular complexity index is 305. The Labute approximate surface area is 135 Å². The fourth-order valence-electron chi connectivity index (χ4n) is 2.64. The van der Waals surface area contributed by atoms with Crippen LogP contribution in [0.3, 0.4) is 0 Å². The number of rotatable bonds is 9. The number of ether oxygens (including phenoxy) is 2. The lowest BCUT2D eigenvalue weighted by Gasteiger charge is -2.37. The Morgan fingerprint density at radius 2 is 2.00 bits per heavy atom. The zero-order chi connectivity index (χ0) is 16.2. The van der Waals surface area contributed by atoms with E-state index >= 15 is 0 Å². The Morgan fingerprint density at radius 1 is 1.27 bits per heavy atom. The maximum absolute atomic E-state index is 5.45. The Balaban J connectivity index is 2.31. The van der Waals surface area contributed by atoms with Crippen molar-refractivity contribution in [1.29, 1.82) is 0 Å². The van der Waals surface area contributed by atoms with Crippen LogP contribution in [0.5, 0.6) is 0 Å². The molecule has 1 fully saturated rings. The largest absolute Gasteiger partial charge is 0.382 e. The molecule has 1 heterocycles. The summed E-state index contributed by atoms with van der Waals surface area (Å²) in [5.41, 5.74) is 0. The second-order valence-electron chi connectivity index (χ2n) is 5.89.